The topological polar surface area (TPSA) is 15.3 Å². The van der Waals surface area contributed by atoms with Crippen LogP contribution in [0.15, 0.2) is 24.3 Å². The van der Waals surface area contributed by atoms with Crippen molar-refractivity contribution < 1.29 is 0 Å². The van der Waals surface area contributed by atoms with Crippen molar-refractivity contribution in [3.05, 3.63) is 24.3 Å². The largest absolute Gasteiger partial charge is 0.378 e. The number of hydrogen-bond acceptors (Lipinski definition) is 2. The fraction of sp³-hybridized carbons (Fsp3) is 0.333. The van der Waals surface area contributed by atoms with Crippen molar-refractivity contribution in [3.63, 3.8) is 0 Å². The summed E-state index contributed by atoms with van der Waals surface area (Å²) < 4.78 is 0. The third-order valence-corrected chi connectivity index (χ3v) is 1.92. The highest BCUT2D eigenvalue weighted by Gasteiger charge is 1.95. The zero-order valence-corrected chi connectivity index (χ0v) is 8.96. The summed E-state index contributed by atoms with van der Waals surface area (Å²) in [7, 11) is 4.07. The van der Waals surface area contributed by atoms with E-state index in [0.717, 1.165) is 5.69 Å². The summed E-state index contributed by atoms with van der Waals surface area (Å²) in [5.74, 6) is 5.82. The lowest BCUT2D eigenvalue weighted by molar-refractivity contribution is 1.13. The second-order valence-electron chi connectivity index (χ2n) is 3.23. The fourth-order valence-electron chi connectivity index (χ4n) is 1.13. The SMILES string of the molecule is CC#CCNc1cccc(N(C)C)c1. The number of benzene rings is 1. The van der Waals surface area contributed by atoms with Crippen molar-refractivity contribution in [2.75, 3.05) is 30.9 Å². The summed E-state index contributed by atoms with van der Waals surface area (Å²) in [5.41, 5.74) is 2.30. The third kappa shape index (κ3) is 3.02. The van der Waals surface area contributed by atoms with Gasteiger partial charge in [0.15, 0.2) is 0 Å². The molecule has 1 rings (SSSR count). The van der Waals surface area contributed by atoms with E-state index >= 15 is 0 Å². The first-order chi connectivity index (χ1) is 6.74. The van der Waals surface area contributed by atoms with Gasteiger partial charge in [-0.05, 0) is 25.1 Å². The molecule has 0 saturated heterocycles. The molecule has 0 fully saturated rings. The molecule has 0 spiro atoms. The normalized spacial score (nSPS) is 8.79. The van der Waals surface area contributed by atoms with Gasteiger partial charge >= 0.3 is 0 Å². The summed E-state index contributed by atoms with van der Waals surface area (Å²) in [6.45, 7) is 2.55. The molecule has 0 atom stereocenters. The molecule has 0 aliphatic rings. The Morgan fingerprint density at radius 3 is 2.79 bits per heavy atom. The highest BCUT2D eigenvalue weighted by Crippen LogP contribution is 2.16. The van der Waals surface area contributed by atoms with Gasteiger partial charge in [-0.1, -0.05) is 12.0 Å². The highest BCUT2D eigenvalue weighted by atomic mass is 15.1. The zero-order chi connectivity index (χ0) is 10.4. The molecule has 1 N–H and O–H groups in total. The molecule has 0 aliphatic carbocycles. The average molecular weight is 188 g/mol. The van der Waals surface area contributed by atoms with E-state index < -0.39 is 0 Å². The van der Waals surface area contributed by atoms with Crippen LogP contribution in [0.4, 0.5) is 11.4 Å². The maximum Gasteiger partial charge on any atom is 0.0765 e. The Morgan fingerprint density at radius 2 is 2.14 bits per heavy atom. The molecule has 0 aromatic heterocycles. The number of hydrogen-bond donors (Lipinski definition) is 1. The summed E-state index contributed by atoms with van der Waals surface area (Å²) in [6.07, 6.45) is 0. The molecule has 0 amide bonds. The van der Waals surface area contributed by atoms with Gasteiger partial charge in [-0.3, -0.25) is 0 Å². The van der Waals surface area contributed by atoms with Gasteiger partial charge in [0.25, 0.3) is 0 Å². The summed E-state index contributed by atoms with van der Waals surface area (Å²) >= 11 is 0. The molecule has 0 unspecified atom stereocenters. The standard InChI is InChI=1S/C12H16N2/c1-4-5-9-13-11-7-6-8-12(10-11)14(2)3/h6-8,10,13H,9H2,1-3H3. The van der Waals surface area contributed by atoms with E-state index in [4.69, 9.17) is 0 Å². The first kappa shape index (κ1) is 10.5. The summed E-state index contributed by atoms with van der Waals surface area (Å²) in [6, 6.07) is 8.27. The minimum absolute atomic E-state index is 0.702. The van der Waals surface area contributed by atoms with Crippen molar-refractivity contribution in [2.45, 2.75) is 6.92 Å². The second-order valence-corrected chi connectivity index (χ2v) is 3.23. The van der Waals surface area contributed by atoms with E-state index in [2.05, 4.69) is 34.2 Å². The first-order valence-electron chi connectivity index (χ1n) is 4.65. The summed E-state index contributed by atoms with van der Waals surface area (Å²) in [4.78, 5) is 2.08. The Bertz CT molecular complexity index is 345. The van der Waals surface area contributed by atoms with E-state index in [9.17, 15) is 0 Å². The molecule has 0 saturated carbocycles. The van der Waals surface area contributed by atoms with Gasteiger partial charge < -0.3 is 10.2 Å². The monoisotopic (exact) mass is 188 g/mol. The van der Waals surface area contributed by atoms with E-state index in [1.54, 1.807) is 0 Å². The smallest absolute Gasteiger partial charge is 0.0765 e. The van der Waals surface area contributed by atoms with Crippen molar-refractivity contribution in [3.8, 4) is 11.8 Å². The van der Waals surface area contributed by atoms with E-state index in [0.29, 0.717) is 6.54 Å². The fourth-order valence-corrected chi connectivity index (χ4v) is 1.13. The molecule has 0 radical (unpaired) electrons. The van der Waals surface area contributed by atoms with Gasteiger partial charge in [0.05, 0.1) is 6.54 Å². The quantitative estimate of drug-likeness (QED) is 0.731. The lowest BCUT2D eigenvalue weighted by atomic mass is 10.2. The molecular weight excluding hydrogens is 172 g/mol. The Morgan fingerprint density at radius 1 is 1.36 bits per heavy atom. The maximum atomic E-state index is 3.24. The van der Waals surface area contributed by atoms with Gasteiger partial charge in [0.1, 0.15) is 0 Å². The number of rotatable bonds is 3. The van der Waals surface area contributed by atoms with Crippen LogP contribution in [0.3, 0.4) is 0 Å². The second kappa shape index (κ2) is 5.18. The molecule has 74 valence electrons. The van der Waals surface area contributed by atoms with Crippen LogP contribution in [0.5, 0.6) is 0 Å². The Balaban J connectivity index is 2.67. The number of nitrogens with one attached hydrogen (secondary N) is 1. The molecule has 14 heavy (non-hydrogen) atoms. The van der Waals surface area contributed by atoms with Gasteiger partial charge in [-0.2, -0.15) is 0 Å². The van der Waals surface area contributed by atoms with Gasteiger partial charge in [-0.15, -0.1) is 5.92 Å². The van der Waals surface area contributed by atoms with Gasteiger partial charge in [0.2, 0.25) is 0 Å². The van der Waals surface area contributed by atoms with Crippen molar-refractivity contribution in [2.24, 2.45) is 0 Å². The van der Waals surface area contributed by atoms with Crippen LogP contribution < -0.4 is 10.2 Å². The molecule has 2 heteroatoms. The lowest BCUT2D eigenvalue weighted by Gasteiger charge is -2.13. The Hall–Kier alpha value is -1.62. The Kier molecular flexibility index (Phi) is 3.87. The van der Waals surface area contributed by atoms with Crippen LogP contribution in [0, 0.1) is 11.8 Å². The first-order valence-corrected chi connectivity index (χ1v) is 4.65. The maximum absolute atomic E-state index is 3.24. The molecular formula is C12H16N2. The Labute approximate surface area is 85.9 Å². The minimum Gasteiger partial charge on any atom is -0.378 e. The van der Waals surface area contributed by atoms with Gasteiger partial charge in [0, 0.05) is 25.5 Å². The highest BCUT2D eigenvalue weighted by molar-refractivity contribution is 5.57. The third-order valence-electron chi connectivity index (χ3n) is 1.92. The van der Waals surface area contributed by atoms with Crippen LogP contribution in [0.25, 0.3) is 0 Å². The molecule has 2 nitrogen and oxygen atoms in total. The van der Waals surface area contributed by atoms with Crippen LogP contribution in [-0.2, 0) is 0 Å². The summed E-state index contributed by atoms with van der Waals surface area (Å²) in [5, 5.41) is 3.24. The lowest BCUT2D eigenvalue weighted by Crippen LogP contribution is -2.09. The number of anilines is 2. The van der Waals surface area contributed by atoms with Crippen molar-refractivity contribution in [1.29, 1.82) is 0 Å². The average Bonchev–Trinajstić information content (AvgIpc) is 2.19. The van der Waals surface area contributed by atoms with E-state index in [1.165, 1.54) is 5.69 Å². The number of nitrogens with zero attached hydrogens (tertiary/aromatic N) is 1. The van der Waals surface area contributed by atoms with Crippen molar-refractivity contribution >= 4 is 11.4 Å². The van der Waals surface area contributed by atoms with Crippen LogP contribution in [-0.4, -0.2) is 20.6 Å². The van der Waals surface area contributed by atoms with Gasteiger partial charge in [-0.25, -0.2) is 0 Å². The van der Waals surface area contributed by atoms with E-state index in [1.807, 2.05) is 33.2 Å². The zero-order valence-electron chi connectivity index (χ0n) is 8.96. The van der Waals surface area contributed by atoms with Crippen molar-refractivity contribution in [1.82, 2.24) is 0 Å². The van der Waals surface area contributed by atoms with Crippen LogP contribution >= 0.6 is 0 Å². The molecule has 1 aromatic carbocycles. The predicted octanol–water partition coefficient (Wildman–Crippen LogP) is 2.19. The van der Waals surface area contributed by atoms with E-state index in [-0.39, 0.29) is 0 Å². The minimum atomic E-state index is 0.702. The predicted molar refractivity (Wildman–Crippen MR) is 62.7 cm³/mol. The molecule has 0 bridgehead atoms. The molecule has 0 aliphatic heterocycles. The molecule has 0 heterocycles. The molecule has 1 aromatic rings. The van der Waals surface area contributed by atoms with Crippen LogP contribution in [0.1, 0.15) is 6.92 Å². The van der Waals surface area contributed by atoms with Crippen LogP contribution in [0.2, 0.25) is 0 Å².